The number of amides is 1. The minimum Gasteiger partial charge on any atom is -0.394 e. The number of methoxy groups -OCH3 is 1. The van der Waals surface area contributed by atoms with Crippen LogP contribution in [0.25, 0.3) is 10.9 Å². The largest absolute Gasteiger partial charge is 0.394 e. The fourth-order valence-electron chi connectivity index (χ4n) is 1.80. The number of aliphatic hydroxyl groups excluding tert-OH is 1. The highest BCUT2D eigenvalue weighted by Gasteiger charge is 2.13. The molecule has 2 aromatic rings. The zero-order valence-electron chi connectivity index (χ0n) is 10.1. The van der Waals surface area contributed by atoms with Crippen molar-refractivity contribution in [3.8, 4) is 0 Å². The van der Waals surface area contributed by atoms with E-state index in [1.54, 1.807) is 12.1 Å². The Hall–Kier alpha value is -1.85. The van der Waals surface area contributed by atoms with Crippen molar-refractivity contribution in [2.45, 2.75) is 6.04 Å². The zero-order valence-corrected chi connectivity index (χ0v) is 10.1. The molecule has 96 valence electrons. The van der Waals surface area contributed by atoms with Gasteiger partial charge in [-0.3, -0.25) is 4.79 Å². The molecule has 1 amide bonds. The van der Waals surface area contributed by atoms with Crippen LogP contribution in [-0.4, -0.2) is 42.4 Å². The van der Waals surface area contributed by atoms with Crippen molar-refractivity contribution in [3.05, 3.63) is 36.0 Å². The van der Waals surface area contributed by atoms with Gasteiger partial charge in [0.25, 0.3) is 5.91 Å². The first-order valence-corrected chi connectivity index (χ1v) is 5.72. The van der Waals surface area contributed by atoms with Gasteiger partial charge in [0.1, 0.15) is 0 Å². The summed E-state index contributed by atoms with van der Waals surface area (Å²) in [5.41, 5.74) is 1.47. The Kier molecular flexibility index (Phi) is 3.96. The van der Waals surface area contributed by atoms with Gasteiger partial charge < -0.3 is 20.1 Å². The minimum absolute atomic E-state index is 0.148. The second-order valence-electron chi connectivity index (χ2n) is 4.09. The van der Waals surface area contributed by atoms with Crippen molar-refractivity contribution < 1.29 is 14.6 Å². The molecule has 1 aromatic heterocycles. The predicted molar refractivity (Wildman–Crippen MR) is 68.5 cm³/mol. The Morgan fingerprint density at radius 1 is 1.50 bits per heavy atom. The highest BCUT2D eigenvalue weighted by Crippen LogP contribution is 2.14. The number of carbonyl (C=O) groups is 1. The molecule has 5 nitrogen and oxygen atoms in total. The van der Waals surface area contributed by atoms with Gasteiger partial charge in [0, 0.05) is 24.4 Å². The summed E-state index contributed by atoms with van der Waals surface area (Å²) in [5.74, 6) is -0.220. The third-order valence-corrected chi connectivity index (χ3v) is 2.74. The third kappa shape index (κ3) is 2.69. The number of nitrogens with one attached hydrogen (secondary N) is 2. The topological polar surface area (TPSA) is 74.3 Å². The summed E-state index contributed by atoms with van der Waals surface area (Å²) < 4.78 is 4.91. The maximum Gasteiger partial charge on any atom is 0.251 e. The third-order valence-electron chi connectivity index (χ3n) is 2.74. The van der Waals surface area contributed by atoms with Crippen molar-refractivity contribution in [2.75, 3.05) is 20.3 Å². The molecule has 0 spiro atoms. The van der Waals surface area contributed by atoms with Crippen molar-refractivity contribution in [2.24, 2.45) is 0 Å². The van der Waals surface area contributed by atoms with Crippen LogP contribution in [0.3, 0.4) is 0 Å². The molecule has 3 N–H and O–H groups in total. The summed E-state index contributed by atoms with van der Waals surface area (Å²) in [7, 11) is 1.53. The first kappa shape index (κ1) is 12.6. The van der Waals surface area contributed by atoms with Gasteiger partial charge in [0.2, 0.25) is 0 Å². The Morgan fingerprint density at radius 2 is 2.33 bits per heavy atom. The number of H-pyrrole nitrogens is 1. The molecule has 0 saturated carbocycles. The standard InChI is InChI=1S/C13H16N2O3/c1-18-8-11(7-16)15-13(17)10-3-2-9-4-5-14-12(9)6-10/h2-6,11,14,16H,7-8H2,1H3,(H,15,17). The van der Waals surface area contributed by atoms with E-state index in [-0.39, 0.29) is 25.2 Å². The van der Waals surface area contributed by atoms with E-state index in [4.69, 9.17) is 9.84 Å². The number of aromatic amines is 1. The molecule has 18 heavy (non-hydrogen) atoms. The number of hydrogen-bond donors (Lipinski definition) is 3. The van der Waals surface area contributed by atoms with Crippen LogP contribution in [0, 0.1) is 0 Å². The fraction of sp³-hybridized carbons (Fsp3) is 0.308. The Bertz CT molecular complexity index is 536. The molecule has 0 fully saturated rings. The van der Waals surface area contributed by atoms with Gasteiger partial charge >= 0.3 is 0 Å². The first-order valence-electron chi connectivity index (χ1n) is 5.72. The molecule has 1 atom stereocenters. The van der Waals surface area contributed by atoms with E-state index in [0.29, 0.717) is 5.56 Å². The van der Waals surface area contributed by atoms with Crippen LogP contribution in [0.1, 0.15) is 10.4 Å². The lowest BCUT2D eigenvalue weighted by atomic mass is 10.1. The fourth-order valence-corrected chi connectivity index (χ4v) is 1.80. The van der Waals surface area contributed by atoms with Crippen molar-refractivity contribution in [1.82, 2.24) is 10.3 Å². The molecular weight excluding hydrogens is 232 g/mol. The molecule has 1 heterocycles. The molecule has 1 aromatic carbocycles. The van der Waals surface area contributed by atoms with E-state index in [1.165, 1.54) is 7.11 Å². The van der Waals surface area contributed by atoms with Crippen LogP contribution in [-0.2, 0) is 4.74 Å². The summed E-state index contributed by atoms with van der Waals surface area (Å²) in [6.07, 6.45) is 1.83. The molecule has 5 heteroatoms. The molecule has 0 radical (unpaired) electrons. The Balaban J connectivity index is 2.12. The second-order valence-corrected chi connectivity index (χ2v) is 4.09. The van der Waals surface area contributed by atoms with Gasteiger partial charge in [-0.2, -0.15) is 0 Å². The molecule has 0 bridgehead atoms. The molecule has 0 saturated heterocycles. The second kappa shape index (κ2) is 5.66. The summed E-state index contributed by atoms with van der Waals surface area (Å²) in [6.45, 7) is 0.136. The molecular formula is C13H16N2O3. The van der Waals surface area contributed by atoms with E-state index in [2.05, 4.69) is 10.3 Å². The van der Waals surface area contributed by atoms with Gasteiger partial charge in [-0.05, 0) is 23.6 Å². The van der Waals surface area contributed by atoms with Gasteiger partial charge in [0.15, 0.2) is 0 Å². The van der Waals surface area contributed by atoms with Gasteiger partial charge in [-0.25, -0.2) is 0 Å². The highest BCUT2D eigenvalue weighted by atomic mass is 16.5. The van der Waals surface area contributed by atoms with Crippen LogP contribution in [0.2, 0.25) is 0 Å². The molecule has 1 unspecified atom stereocenters. The summed E-state index contributed by atoms with van der Waals surface area (Å²) in [6, 6.07) is 6.98. The summed E-state index contributed by atoms with van der Waals surface area (Å²) >= 11 is 0. The maximum absolute atomic E-state index is 12.0. The average Bonchev–Trinajstić information content (AvgIpc) is 2.85. The number of benzene rings is 1. The number of fused-ring (bicyclic) bond motifs is 1. The minimum atomic E-state index is -0.387. The van der Waals surface area contributed by atoms with E-state index in [0.717, 1.165) is 10.9 Å². The van der Waals surface area contributed by atoms with E-state index >= 15 is 0 Å². The SMILES string of the molecule is COCC(CO)NC(=O)c1ccc2cc[nH]c2c1. The lowest BCUT2D eigenvalue weighted by Crippen LogP contribution is -2.40. The zero-order chi connectivity index (χ0) is 13.0. The van der Waals surface area contributed by atoms with Gasteiger partial charge in [-0.1, -0.05) is 6.07 Å². The van der Waals surface area contributed by atoms with Crippen molar-refractivity contribution in [3.63, 3.8) is 0 Å². The van der Waals surface area contributed by atoms with E-state index < -0.39 is 0 Å². The monoisotopic (exact) mass is 248 g/mol. The van der Waals surface area contributed by atoms with Crippen LogP contribution in [0.15, 0.2) is 30.5 Å². The maximum atomic E-state index is 12.0. The Labute approximate surface area is 105 Å². The molecule has 2 rings (SSSR count). The molecule has 0 aliphatic carbocycles. The van der Waals surface area contributed by atoms with Crippen molar-refractivity contribution in [1.29, 1.82) is 0 Å². The summed E-state index contributed by atoms with van der Waals surface area (Å²) in [4.78, 5) is 15.0. The van der Waals surface area contributed by atoms with Gasteiger partial charge in [0.05, 0.1) is 19.3 Å². The highest BCUT2D eigenvalue weighted by molar-refractivity contribution is 5.98. The Morgan fingerprint density at radius 3 is 3.06 bits per heavy atom. The average molecular weight is 248 g/mol. The number of ether oxygens (including phenoxy) is 1. The quantitative estimate of drug-likeness (QED) is 0.736. The number of carbonyl (C=O) groups excluding carboxylic acids is 1. The van der Waals surface area contributed by atoms with Crippen LogP contribution < -0.4 is 5.32 Å². The van der Waals surface area contributed by atoms with Crippen LogP contribution in [0.4, 0.5) is 0 Å². The smallest absolute Gasteiger partial charge is 0.251 e. The van der Waals surface area contributed by atoms with Crippen molar-refractivity contribution >= 4 is 16.8 Å². The summed E-state index contributed by atoms with van der Waals surface area (Å²) in [5, 5.41) is 12.9. The number of aromatic nitrogens is 1. The number of hydrogen-bond acceptors (Lipinski definition) is 3. The van der Waals surface area contributed by atoms with E-state index in [9.17, 15) is 4.79 Å². The number of rotatable bonds is 5. The molecule has 0 aliphatic rings. The first-order chi connectivity index (χ1) is 8.74. The van der Waals surface area contributed by atoms with Crippen LogP contribution in [0.5, 0.6) is 0 Å². The lowest BCUT2D eigenvalue weighted by molar-refractivity contribution is 0.0840. The van der Waals surface area contributed by atoms with Crippen LogP contribution >= 0.6 is 0 Å². The van der Waals surface area contributed by atoms with Gasteiger partial charge in [-0.15, -0.1) is 0 Å². The lowest BCUT2D eigenvalue weighted by Gasteiger charge is -2.15. The normalized spacial score (nSPS) is 12.6. The van der Waals surface area contributed by atoms with E-state index in [1.807, 2.05) is 18.3 Å². The molecule has 0 aliphatic heterocycles. The number of aliphatic hydroxyl groups is 1. The predicted octanol–water partition coefficient (Wildman–Crippen LogP) is 0.905.